The van der Waals surface area contributed by atoms with Gasteiger partial charge in [-0.2, -0.15) is 0 Å². The quantitative estimate of drug-likeness (QED) is 0.485. The van der Waals surface area contributed by atoms with Crippen molar-refractivity contribution in [3.8, 4) is 0 Å². The fourth-order valence-corrected chi connectivity index (χ4v) is 0.763. The summed E-state index contributed by atoms with van der Waals surface area (Å²) in [6.45, 7) is 8.22. The maximum atomic E-state index is 5.75. The first-order valence-electron chi connectivity index (χ1n) is 3.97. The highest BCUT2D eigenvalue weighted by atomic mass is 16.5. The van der Waals surface area contributed by atoms with Crippen LogP contribution in [0.2, 0.25) is 0 Å². The SMILES string of the molecule is C=C/C=C(\OCC)[C@H](N)CC. The highest BCUT2D eigenvalue weighted by Crippen LogP contribution is 2.05. The van der Waals surface area contributed by atoms with Crippen molar-refractivity contribution in [3.63, 3.8) is 0 Å². The Labute approximate surface area is 68.7 Å². The molecule has 0 rings (SSSR count). The molecule has 1 atom stereocenters. The van der Waals surface area contributed by atoms with Crippen molar-refractivity contribution in [3.05, 3.63) is 24.5 Å². The Hall–Kier alpha value is -0.760. The van der Waals surface area contributed by atoms with Gasteiger partial charge in [0, 0.05) is 0 Å². The summed E-state index contributed by atoms with van der Waals surface area (Å²) in [5.74, 6) is 0.824. The van der Waals surface area contributed by atoms with Gasteiger partial charge in [-0.25, -0.2) is 0 Å². The number of hydrogen-bond donors (Lipinski definition) is 1. The van der Waals surface area contributed by atoms with Crippen LogP contribution in [0.1, 0.15) is 20.3 Å². The van der Waals surface area contributed by atoms with Crippen LogP contribution in [-0.2, 0) is 4.74 Å². The van der Waals surface area contributed by atoms with Crippen LogP contribution in [0.5, 0.6) is 0 Å². The minimum Gasteiger partial charge on any atom is -0.497 e. The van der Waals surface area contributed by atoms with E-state index in [0.717, 1.165) is 12.2 Å². The molecule has 0 bridgehead atoms. The van der Waals surface area contributed by atoms with E-state index in [0.29, 0.717) is 6.61 Å². The predicted octanol–water partition coefficient (Wildman–Crippen LogP) is 1.83. The molecule has 0 aliphatic rings. The first kappa shape index (κ1) is 10.2. The van der Waals surface area contributed by atoms with Crippen LogP contribution in [0.4, 0.5) is 0 Å². The van der Waals surface area contributed by atoms with E-state index in [2.05, 4.69) is 6.58 Å². The average Bonchev–Trinajstić information content (AvgIpc) is 2.03. The van der Waals surface area contributed by atoms with Gasteiger partial charge in [0.05, 0.1) is 12.6 Å². The van der Waals surface area contributed by atoms with Crippen molar-refractivity contribution in [2.24, 2.45) is 5.73 Å². The van der Waals surface area contributed by atoms with Gasteiger partial charge < -0.3 is 10.5 Å². The fraction of sp³-hybridized carbons (Fsp3) is 0.556. The van der Waals surface area contributed by atoms with Crippen molar-refractivity contribution >= 4 is 0 Å². The smallest absolute Gasteiger partial charge is 0.113 e. The van der Waals surface area contributed by atoms with Crippen LogP contribution in [0.25, 0.3) is 0 Å². The van der Waals surface area contributed by atoms with Crippen molar-refractivity contribution in [1.29, 1.82) is 0 Å². The third-order valence-electron chi connectivity index (χ3n) is 1.40. The Morgan fingerprint density at radius 2 is 2.27 bits per heavy atom. The molecular formula is C9H17NO. The van der Waals surface area contributed by atoms with Crippen LogP contribution in [0, 0.1) is 0 Å². The zero-order valence-electron chi connectivity index (χ0n) is 7.34. The lowest BCUT2D eigenvalue weighted by Crippen LogP contribution is -2.23. The Balaban J connectivity index is 4.08. The molecule has 64 valence electrons. The summed E-state index contributed by atoms with van der Waals surface area (Å²) < 4.78 is 5.30. The van der Waals surface area contributed by atoms with Gasteiger partial charge >= 0.3 is 0 Å². The molecule has 2 heteroatoms. The molecule has 0 aromatic heterocycles. The van der Waals surface area contributed by atoms with Gasteiger partial charge in [-0.1, -0.05) is 19.6 Å². The Kier molecular flexibility index (Phi) is 5.57. The van der Waals surface area contributed by atoms with E-state index in [1.807, 2.05) is 19.9 Å². The summed E-state index contributed by atoms with van der Waals surface area (Å²) in [5, 5.41) is 0. The van der Waals surface area contributed by atoms with E-state index in [1.54, 1.807) is 6.08 Å². The van der Waals surface area contributed by atoms with E-state index >= 15 is 0 Å². The van der Waals surface area contributed by atoms with Gasteiger partial charge in [0.15, 0.2) is 0 Å². The second-order valence-corrected chi connectivity index (χ2v) is 2.25. The summed E-state index contributed by atoms with van der Waals surface area (Å²) in [7, 11) is 0. The average molecular weight is 155 g/mol. The second kappa shape index (κ2) is 5.98. The van der Waals surface area contributed by atoms with Gasteiger partial charge in [0.1, 0.15) is 5.76 Å². The largest absolute Gasteiger partial charge is 0.497 e. The molecule has 0 unspecified atom stereocenters. The molecule has 0 heterocycles. The zero-order valence-corrected chi connectivity index (χ0v) is 7.34. The Bertz CT molecular complexity index is 140. The number of ether oxygens (including phenoxy) is 1. The van der Waals surface area contributed by atoms with Crippen LogP contribution in [0.15, 0.2) is 24.5 Å². The summed E-state index contributed by atoms with van der Waals surface area (Å²) in [5.41, 5.74) is 5.75. The Morgan fingerprint density at radius 1 is 1.64 bits per heavy atom. The topological polar surface area (TPSA) is 35.2 Å². The van der Waals surface area contributed by atoms with Crippen molar-refractivity contribution in [2.45, 2.75) is 26.3 Å². The summed E-state index contributed by atoms with van der Waals surface area (Å²) in [6, 6.07) is 0.00736. The minimum atomic E-state index is 0.00736. The van der Waals surface area contributed by atoms with Gasteiger partial charge in [-0.15, -0.1) is 0 Å². The van der Waals surface area contributed by atoms with Gasteiger partial charge in [0.25, 0.3) is 0 Å². The maximum Gasteiger partial charge on any atom is 0.113 e. The first-order valence-corrected chi connectivity index (χ1v) is 3.97. The molecule has 0 radical (unpaired) electrons. The van der Waals surface area contributed by atoms with Gasteiger partial charge in [-0.3, -0.25) is 0 Å². The molecule has 0 fully saturated rings. The second-order valence-electron chi connectivity index (χ2n) is 2.25. The number of hydrogen-bond acceptors (Lipinski definition) is 2. The molecule has 0 aliphatic carbocycles. The molecule has 0 spiro atoms. The third kappa shape index (κ3) is 3.83. The van der Waals surface area contributed by atoms with Crippen molar-refractivity contribution in [2.75, 3.05) is 6.61 Å². The minimum absolute atomic E-state index is 0.00736. The van der Waals surface area contributed by atoms with E-state index < -0.39 is 0 Å². The fourth-order valence-electron chi connectivity index (χ4n) is 0.763. The molecule has 0 aliphatic heterocycles. The van der Waals surface area contributed by atoms with E-state index in [-0.39, 0.29) is 6.04 Å². The molecule has 0 amide bonds. The van der Waals surface area contributed by atoms with Crippen LogP contribution < -0.4 is 5.73 Å². The lowest BCUT2D eigenvalue weighted by molar-refractivity contribution is 0.207. The first-order chi connectivity index (χ1) is 5.26. The summed E-state index contributed by atoms with van der Waals surface area (Å²) in [6.07, 6.45) is 4.40. The molecular weight excluding hydrogens is 138 g/mol. The molecule has 0 saturated carbocycles. The zero-order chi connectivity index (χ0) is 8.69. The molecule has 0 aromatic carbocycles. The van der Waals surface area contributed by atoms with Crippen LogP contribution in [0.3, 0.4) is 0 Å². The van der Waals surface area contributed by atoms with E-state index in [1.165, 1.54) is 0 Å². The monoisotopic (exact) mass is 155 g/mol. The highest BCUT2D eigenvalue weighted by molar-refractivity contribution is 5.09. The molecule has 0 aromatic rings. The lowest BCUT2D eigenvalue weighted by atomic mass is 10.2. The lowest BCUT2D eigenvalue weighted by Gasteiger charge is -2.13. The molecule has 11 heavy (non-hydrogen) atoms. The Morgan fingerprint density at radius 3 is 2.64 bits per heavy atom. The standard InChI is InChI=1S/C9H17NO/c1-4-7-9(11-6-3)8(10)5-2/h4,7-8H,1,5-6,10H2,2-3H3/b9-7-/t8-/m1/s1. The van der Waals surface area contributed by atoms with Crippen molar-refractivity contribution in [1.82, 2.24) is 0 Å². The molecule has 2 N–H and O–H groups in total. The maximum absolute atomic E-state index is 5.75. The summed E-state index contributed by atoms with van der Waals surface area (Å²) in [4.78, 5) is 0. The normalized spacial score (nSPS) is 14.3. The number of nitrogens with two attached hydrogens (primary N) is 1. The molecule has 0 saturated heterocycles. The van der Waals surface area contributed by atoms with Crippen LogP contribution >= 0.6 is 0 Å². The van der Waals surface area contributed by atoms with E-state index in [4.69, 9.17) is 10.5 Å². The van der Waals surface area contributed by atoms with E-state index in [9.17, 15) is 0 Å². The van der Waals surface area contributed by atoms with Gasteiger partial charge in [0.2, 0.25) is 0 Å². The predicted molar refractivity (Wildman–Crippen MR) is 48.2 cm³/mol. The number of allylic oxidation sites excluding steroid dienone is 2. The summed E-state index contributed by atoms with van der Waals surface area (Å²) >= 11 is 0. The highest BCUT2D eigenvalue weighted by Gasteiger charge is 2.05. The van der Waals surface area contributed by atoms with Gasteiger partial charge in [-0.05, 0) is 19.4 Å². The van der Waals surface area contributed by atoms with Crippen LogP contribution in [-0.4, -0.2) is 12.6 Å². The van der Waals surface area contributed by atoms with Crippen molar-refractivity contribution < 1.29 is 4.74 Å². The molecule has 2 nitrogen and oxygen atoms in total. The third-order valence-corrected chi connectivity index (χ3v) is 1.40. The number of rotatable bonds is 5.